The zero-order valence-corrected chi connectivity index (χ0v) is 12.8. The highest BCUT2D eigenvalue weighted by atomic mass is 16.3. The number of nitrogens with zero attached hydrogens (tertiary/aromatic N) is 3. The Morgan fingerprint density at radius 1 is 1.45 bits per heavy atom. The minimum atomic E-state index is -0.133. The Balaban J connectivity index is 2.26. The van der Waals surface area contributed by atoms with Crippen LogP contribution in [0.5, 0.6) is 0 Å². The Morgan fingerprint density at radius 3 is 2.91 bits per heavy atom. The molecule has 3 aromatic heterocycles. The Kier molecular flexibility index (Phi) is 3.66. The molecule has 0 aliphatic rings. The number of fused-ring (bicyclic) bond motifs is 1. The fraction of sp³-hybridized carbons (Fsp3) is 0.312. The van der Waals surface area contributed by atoms with Gasteiger partial charge < -0.3 is 9.73 Å². The minimum Gasteiger partial charge on any atom is -0.463 e. The molecular weight excluding hydrogens is 280 g/mol. The van der Waals surface area contributed by atoms with Gasteiger partial charge in [-0.15, -0.1) is 0 Å². The number of carbonyl (C=O) groups excluding carboxylic acids is 1. The van der Waals surface area contributed by atoms with Gasteiger partial charge in [0.25, 0.3) is 5.91 Å². The van der Waals surface area contributed by atoms with Crippen LogP contribution in [0, 0.1) is 0 Å². The SMILES string of the molecule is CCNC(=O)c1cc(-c2ccco2)nc2c1cnn2C(C)C. The van der Waals surface area contributed by atoms with Crippen LogP contribution in [0.25, 0.3) is 22.5 Å². The number of hydrogen-bond donors (Lipinski definition) is 1. The summed E-state index contributed by atoms with van der Waals surface area (Å²) >= 11 is 0. The van der Waals surface area contributed by atoms with E-state index >= 15 is 0 Å². The van der Waals surface area contributed by atoms with Crippen molar-refractivity contribution in [2.45, 2.75) is 26.8 Å². The second kappa shape index (κ2) is 5.63. The fourth-order valence-electron chi connectivity index (χ4n) is 2.39. The Hall–Kier alpha value is -2.63. The summed E-state index contributed by atoms with van der Waals surface area (Å²) in [4.78, 5) is 17.0. The highest BCUT2D eigenvalue weighted by Gasteiger charge is 2.18. The van der Waals surface area contributed by atoms with Crippen molar-refractivity contribution in [3.8, 4) is 11.5 Å². The molecule has 3 rings (SSSR count). The highest BCUT2D eigenvalue weighted by Crippen LogP contribution is 2.26. The number of hydrogen-bond acceptors (Lipinski definition) is 4. The molecule has 0 aliphatic carbocycles. The van der Waals surface area contributed by atoms with Crippen molar-refractivity contribution in [2.75, 3.05) is 6.54 Å². The van der Waals surface area contributed by atoms with E-state index in [1.54, 1.807) is 24.6 Å². The van der Waals surface area contributed by atoms with E-state index in [4.69, 9.17) is 4.42 Å². The summed E-state index contributed by atoms with van der Waals surface area (Å²) in [7, 11) is 0. The number of rotatable bonds is 4. The monoisotopic (exact) mass is 298 g/mol. The van der Waals surface area contributed by atoms with Crippen molar-refractivity contribution >= 4 is 16.9 Å². The molecule has 0 saturated heterocycles. The van der Waals surface area contributed by atoms with Crippen molar-refractivity contribution in [3.63, 3.8) is 0 Å². The van der Waals surface area contributed by atoms with Crippen LogP contribution < -0.4 is 5.32 Å². The lowest BCUT2D eigenvalue weighted by molar-refractivity contribution is 0.0957. The summed E-state index contributed by atoms with van der Waals surface area (Å²) in [5.41, 5.74) is 1.87. The summed E-state index contributed by atoms with van der Waals surface area (Å²) in [5, 5.41) is 7.94. The normalized spacial score (nSPS) is 11.3. The Labute approximate surface area is 128 Å². The first-order valence-electron chi connectivity index (χ1n) is 7.32. The minimum absolute atomic E-state index is 0.133. The van der Waals surface area contributed by atoms with Gasteiger partial charge in [-0.3, -0.25) is 4.79 Å². The molecule has 22 heavy (non-hydrogen) atoms. The number of amides is 1. The van der Waals surface area contributed by atoms with Gasteiger partial charge in [0, 0.05) is 12.6 Å². The Morgan fingerprint density at radius 2 is 2.27 bits per heavy atom. The number of carbonyl (C=O) groups is 1. The summed E-state index contributed by atoms with van der Waals surface area (Å²) < 4.78 is 7.23. The lowest BCUT2D eigenvalue weighted by Crippen LogP contribution is -2.23. The van der Waals surface area contributed by atoms with Crippen LogP contribution in [0.2, 0.25) is 0 Å². The van der Waals surface area contributed by atoms with E-state index in [9.17, 15) is 4.79 Å². The Bertz CT molecular complexity index is 803. The van der Waals surface area contributed by atoms with E-state index in [2.05, 4.69) is 15.4 Å². The summed E-state index contributed by atoms with van der Waals surface area (Å²) in [6.45, 7) is 6.51. The highest BCUT2D eigenvalue weighted by molar-refractivity contribution is 6.06. The molecule has 3 aromatic rings. The average Bonchev–Trinajstić information content (AvgIpc) is 3.15. The van der Waals surface area contributed by atoms with Gasteiger partial charge in [-0.25, -0.2) is 9.67 Å². The molecule has 0 bridgehead atoms. The molecule has 6 nitrogen and oxygen atoms in total. The van der Waals surface area contributed by atoms with Crippen LogP contribution >= 0.6 is 0 Å². The first-order chi connectivity index (χ1) is 10.6. The quantitative estimate of drug-likeness (QED) is 0.803. The largest absolute Gasteiger partial charge is 0.463 e. The number of nitrogens with one attached hydrogen (secondary N) is 1. The van der Waals surface area contributed by atoms with E-state index in [0.29, 0.717) is 29.2 Å². The van der Waals surface area contributed by atoms with E-state index in [1.807, 2.05) is 31.5 Å². The second-order valence-electron chi connectivity index (χ2n) is 5.31. The topological polar surface area (TPSA) is 73.0 Å². The predicted molar refractivity (Wildman–Crippen MR) is 83.6 cm³/mol. The van der Waals surface area contributed by atoms with Crippen molar-refractivity contribution < 1.29 is 9.21 Å². The van der Waals surface area contributed by atoms with Gasteiger partial charge in [-0.2, -0.15) is 5.10 Å². The lowest BCUT2D eigenvalue weighted by Gasteiger charge is -2.09. The van der Waals surface area contributed by atoms with Gasteiger partial charge in [-0.05, 0) is 39.0 Å². The van der Waals surface area contributed by atoms with Gasteiger partial charge in [-0.1, -0.05) is 0 Å². The van der Waals surface area contributed by atoms with Crippen molar-refractivity contribution in [2.24, 2.45) is 0 Å². The first kappa shape index (κ1) is 14.3. The predicted octanol–water partition coefficient (Wildman–Crippen LogP) is 3.02. The van der Waals surface area contributed by atoms with Crippen molar-refractivity contribution in [1.82, 2.24) is 20.1 Å². The first-order valence-corrected chi connectivity index (χ1v) is 7.32. The molecule has 1 N–H and O–H groups in total. The lowest BCUT2D eigenvalue weighted by atomic mass is 10.1. The molecule has 0 aromatic carbocycles. The molecule has 3 heterocycles. The molecule has 0 aliphatic heterocycles. The van der Waals surface area contributed by atoms with Crippen molar-refractivity contribution in [3.05, 3.63) is 36.2 Å². The van der Waals surface area contributed by atoms with Crippen LogP contribution in [-0.4, -0.2) is 27.2 Å². The van der Waals surface area contributed by atoms with Gasteiger partial charge >= 0.3 is 0 Å². The molecule has 0 radical (unpaired) electrons. The molecule has 0 fully saturated rings. The second-order valence-corrected chi connectivity index (χ2v) is 5.31. The van der Waals surface area contributed by atoms with Gasteiger partial charge in [0.05, 0.1) is 23.4 Å². The number of furan rings is 1. The van der Waals surface area contributed by atoms with E-state index in [-0.39, 0.29) is 11.9 Å². The van der Waals surface area contributed by atoms with Gasteiger partial charge in [0.1, 0.15) is 5.69 Å². The number of pyridine rings is 1. The molecule has 114 valence electrons. The van der Waals surface area contributed by atoms with Crippen LogP contribution in [0.3, 0.4) is 0 Å². The third-order valence-corrected chi connectivity index (χ3v) is 3.41. The molecule has 6 heteroatoms. The summed E-state index contributed by atoms with van der Waals surface area (Å²) in [5.74, 6) is 0.495. The van der Waals surface area contributed by atoms with Crippen LogP contribution in [-0.2, 0) is 0 Å². The zero-order chi connectivity index (χ0) is 15.7. The smallest absolute Gasteiger partial charge is 0.252 e. The molecule has 1 amide bonds. The third-order valence-electron chi connectivity index (χ3n) is 3.41. The van der Waals surface area contributed by atoms with Crippen LogP contribution in [0.1, 0.15) is 37.2 Å². The average molecular weight is 298 g/mol. The molecule has 0 spiro atoms. The van der Waals surface area contributed by atoms with Crippen LogP contribution in [0.4, 0.5) is 0 Å². The maximum Gasteiger partial charge on any atom is 0.252 e. The standard InChI is InChI=1S/C16H18N4O2/c1-4-17-16(21)11-8-13(14-6-5-7-22-14)19-15-12(11)9-18-20(15)10(2)3/h5-10H,4H2,1-3H3,(H,17,21). The molecule has 0 atom stereocenters. The van der Waals surface area contributed by atoms with Crippen molar-refractivity contribution in [1.29, 1.82) is 0 Å². The number of aromatic nitrogens is 3. The fourth-order valence-corrected chi connectivity index (χ4v) is 2.39. The maximum absolute atomic E-state index is 12.4. The van der Waals surface area contributed by atoms with E-state index < -0.39 is 0 Å². The maximum atomic E-state index is 12.4. The van der Waals surface area contributed by atoms with Gasteiger partial charge in [0.15, 0.2) is 11.4 Å². The third kappa shape index (κ3) is 2.36. The van der Waals surface area contributed by atoms with Crippen LogP contribution in [0.15, 0.2) is 35.1 Å². The molecule has 0 unspecified atom stereocenters. The molecular formula is C16H18N4O2. The van der Waals surface area contributed by atoms with Gasteiger partial charge in [0.2, 0.25) is 0 Å². The molecule has 0 saturated carbocycles. The summed E-state index contributed by atoms with van der Waals surface area (Å²) in [6, 6.07) is 5.52. The van der Waals surface area contributed by atoms with E-state index in [0.717, 1.165) is 5.39 Å². The zero-order valence-electron chi connectivity index (χ0n) is 12.8. The van der Waals surface area contributed by atoms with E-state index in [1.165, 1.54) is 0 Å². The summed E-state index contributed by atoms with van der Waals surface area (Å²) in [6.07, 6.45) is 3.28.